The maximum Gasteiger partial charge on any atom is 0.139 e. The Morgan fingerprint density at radius 3 is 2.50 bits per heavy atom. The number of Topliss-reactive ketones (excluding diaryl/α,β-unsaturated/α-hetero) is 1. The van der Waals surface area contributed by atoms with Crippen LogP contribution in [0.4, 0.5) is 0 Å². The van der Waals surface area contributed by atoms with Crippen molar-refractivity contribution in [3.05, 3.63) is 0 Å². The minimum atomic E-state index is -0.127. The van der Waals surface area contributed by atoms with Gasteiger partial charge in [-0.25, -0.2) is 0 Å². The van der Waals surface area contributed by atoms with Gasteiger partial charge in [-0.15, -0.1) is 0 Å². The number of thiocarbonyl (C=S) groups is 1. The van der Waals surface area contributed by atoms with Crippen LogP contribution < -0.4 is 5.73 Å². The van der Waals surface area contributed by atoms with Crippen LogP contribution in [0.1, 0.15) is 12.8 Å². The normalized spacial score (nSPS) is 29.4. The van der Waals surface area contributed by atoms with E-state index in [4.69, 9.17) is 18.0 Å². The van der Waals surface area contributed by atoms with E-state index in [1.807, 2.05) is 0 Å². The molecule has 44 valence electrons. The van der Waals surface area contributed by atoms with Gasteiger partial charge < -0.3 is 5.73 Å². The molecule has 8 heavy (non-hydrogen) atoms. The number of hydrogen-bond acceptors (Lipinski definition) is 3. The lowest BCUT2D eigenvalue weighted by Crippen LogP contribution is -2.22. The van der Waals surface area contributed by atoms with Crippen LogP contribution in [0, 0.1) is 0 Å². The topological polar surface area (TPSA) is 43.1 Å². The first kappa shape index (κ1) is 5.85. The van der Waals surface area contributed by atoms with Gasteiger partial charge in [0.25, 0.3) is 0 Å². The summed E-state index contributed by atoms with van der Waals surface area (Å²) in [7, 11) is 0. The number of carbonyl (C=O) groups is 1. The van der Waals surface area contributed by atoms with Gasteiger partial charge in [0, 0.05) is 23.7 Å². The maximum absolute atomic E-state index is 10.5. The van der Waals surface area contributed by atoms with Crippen molar-refractivity contribution in [3.8, 4) is 0 Å². The predicted octanol–water partition coefficient (Wildman–Crippen LogP) is 0.0465. The molecule has 1 unspecified atom stereocenters. The molecular formula is C5H7NOS. The van der Waals surface area contributed by atoms with Crippen molar-refractivity contribution in [2.24, 2.45) is 5.73 Å². The van der Waals surface area contributed by atoms with Crippen LogP contribution in [-0.4, -0.2) is 16.7 Å². The molecule has 2 N–H and O–H groups in total. The SMILES string of the molecule is NC1CC(=O)CC1=S. The number of nitrogens with two attached hydrogens (primary N) is 1. The molecule has 0 aromatic carbocycles. The van der Waals surface area contributed by atoms with E-state index in [9.17, 15) is 4.79 Å². The Bertz CT molecular complexity index is 143. The van der Waals surface area contributed by atoms with E-state index < -0.39 is 0 Å². The van der Waals surface area contributed by atoms with Crippen LogP contribution in [0.3, 0.4) is 0 Å². The molecular weight excluding hydrogens is 122 g/mol. The van der Waals surface area contributed by atoms with Crippen LogP contribution in [0.2, 0.25) is 0 Å². The average molecular weight is 129 g/mol. The molecule has 1 aliphatic rings. The summed E-state index contributed by atoms with van der Waals surface area (Å²) in [6.45, 7) is 0. The summed E-state index contributed by atoms with van der Waals surface area (Å²) >= 11 is 4.77. The Kier molecular flexibility index (Phi) is 1.40. The Morgan fingerprint density at radius 2 is 2.38 bits per heavy atom. The highest BCUT2D eigenvalue weighted by molar-refractivity contribution is 7.80. The fraction of sp³-hybridized carbons (Fsp3) is 0.600. The van der Waals surface area contributed by atoms with Gasteiger partial charge in [-0.2, -0.15) is 0 Å². The van der Waals surface area contributed by atoms with Crippen molar-refractivity contribution in [3.63, 3.8) is 0 Å². The first-order valence-corrected chi connectivity index (χ1v) is 2.91. The van der Waals surface area contributed by atoms with Crippen LogP contribution in [0.5, 0.6) is 0 Å². The van der Waals surface area contributed by atoms with Crippen LogP contribution >= 0.6 is 12.2 Å². The smallest absolute Gasteiger partial charge is 0.139 e. The zero-order valence-electron chi connectivity index (χ0n) is 4.39. The predicted molar refractivity (Wildman–Crippen MR) is 34.8 cm³/mol. The summed E-state index contributed by atoms with van der Waals surface area (Å²) in [5.74, 6) is 0.183. The fourth-order valence-electron chi connectivity index (χ4n) is 0.757. The van der Waals surface area contributed by atoms with E-state index in [1.165, 1.54) is 0 Å². The number of carbonyl (C=O) groups excluding carboxylic acids is 1. The molecule has 0 bridgehead atoms. The van der Waals surface area contributed by atoms with Crippen molar-refractivity contribution < 1.29 is 4.79 Å². The molecule has 0 radical (unpaired) electrons. The molecule has 2 nitrogen and oxygen atoms in total. The molecule has 0 saturated heterocycles. The highest BCUT2D eigenvalue weighted by Crippen LogP contribution is 2.09. The van der Waals surface area contributed by atoms with Crippen LogP contribution in [0.25, 0.3) is 0 Å². The highest BCUT2D eigenvalue weighted by Gasteiger charge is 2.23. The van der Waals surface area contributed by atoms with Gasteiger partial charge in [0.05, 0.1) is 0 Å². The van der Waals surface area contributed by atoms with E-state index >= 15 is 0 Å². The van der Waals surface area contributed by atoms with E-state index in [1.54, 1.807) is 0 Å². The molecule has 0 aromatic rings. The first-order valence-electron chi connectivity index (χ1n) is 2.50. The number of rotatable bonds is 0. The third-order valence-electron chi connectivity index (χ3n) is 1.23. The van der Waals surface area contributed by atoms with Crippen LogP contribution in [-0.2, 0) is 4.79 Å². The zero-order valence-corrected chi connectivity index (χ0v) is 5.20. The van der Waals surface area contributed by atoms with Crippen molar-refractivity contribution >= 4 is 22.9 Å². The molecule has 1 atom stereocenters. The van der Waals surface area contributed by atoms with E-state index in [2.05, 4.69) is 0 Å². The average Bonchev–Trinajstić information content (AvgIpc) is 1.85. The second-order valence-electron chi connectivity index (χ2n) is 1.99. The van der Waals surface area contributed by atoms with Gasteiger partial charge in [-0.05, 0) is 0 Å². The summed E-state index contributed by atoms with van der Waals surface area (Å²) in [6.07, 6.45) is 0.884. The second-order valence-corrected chi connectivity index (χ2v) is 2.52. The lowest BCUT2D eigenvalue weighted by Gasteiger charge is -1.94. The summed E-state index contributed by atoms with van der Waals surface area (Å²) in [5.41, 5.74) is 5.41. The third-order valence-corrected chi connectivity index (χ3v) is 1.68. The quantitative estimate of drug-likeness (QED) is 0.470. The highest BCUT2D eigenvalue weighted by atomic mass is 32.1. The van der Waals surface area contributed by atoms with Crippen molar-refractivity contribution in [2.45, 2.75) is 18.9 Å². The minimum Gasteiger partial charge on any atom is -0.323 e. The molecule has 0 heterocycles. The minimum absolute atomic E-state index is 0.127. The van der Waals surface area contributed by atoms with Crippen molar-refractivity contribution in [1.29, 1.82) is 0 Å². The third kappa shape index (κ3) is 0.928. The Balaban J connectivity index is 2.64. The lowest BCUT2D eigenvalue weighted by atomic mass is 10.3. The van der Waals surface area contributed by atoms with Gasteiger partial charge in [0.2, 0.25) is 0 Å². The summed E-state index contributed by atoms with van der Waals surface area (Å²) < 4.78 is 0. The standard InChI is InChI=1S/C5H7NOS/c6-4-1-3(7)2-5(4)8/h4H,1-2,6H2. The van der Waals surface area contributed by atoms with Gasteiger partial charge in [0.1, 0.15) is 5.78 Å². The van der Waals surface area contributed by atoms with E-state index in [0.717, 1.165) is 4.86 Å². The largest absolute Gasteiger partial charge is 0.323 e. The molecule has 1 rings (SSSR count). The molecule has 0 aromatic heterocycles. The van der Waals surface area contributed by atoms with Gasteiger partial charge in [-0.3, -0.25) is 4.79 Å². The van der Waals surface area contributed by atoms with Gasteiger partial charge in [-0.1, -0.05) is 12.2 Å². The first-order chi connectivity index (χ1) is 3.70. The molecule has 3 heteroatoms. The van der Waals surface area contributed by atoms with Crippen molar-refractivity contribution in [1.82, 2.24) is 0 Å². The summed E-state index contributed by atoms with van der Waals surface area (Å²) in [5, 5.41) is 0. The zero-order chi connectivity index (χ0) is 6.15. The second kappa shape index (κ2) is 1.91. The van der Waals surface area contributed by atoms with E-state index in [0.29, 0.717) is 12.8 Å². The number of ketones is 1. The molecule has 1 aliphatic carbocycles. The summed E-state index contributed by atoms with van der Waals surface area (Å²) in [4.78, 5) is 11.2. The lowest BCUT2D eigenvalue weighted by molar-refractivity contribution is -0.117. The van der Waals surface area contributed by atoms with Crippen molar-refractivity contribution in [2.75, 3.05) is 0 Å². The Morgan fingerprint density at radius 1 is 1.75 bits per heavy atom. The fourth-order valence-corrected chi connectivity index (χ4v) is 1.00. The van der Waals surface area contributed by atoms with Gasteiger partial charge in [0.15, 0.2) is 0 Å². The number of hydrogen-bond donors (Lipinski definition) is 1. The molecule has 0 spiro atoms. The molecule has 0 aliphatic heterocycles. The van der Waals surface area contributed by atoms with Crippen LogP contribution in [0.15, 0.2) is 0 Å². The molecule has 1 saturated carbocycles. The Labute approximate surface area is 53.1 Å². The van der Waals surface area contributed by atoms with E-state index in [-0.39, 0.29) is 11.8 Å². The molecule has 0 amide bonds. The van der Waals surface area contributed by atoms with Gasteiger partial charge >= 0.3 is 0 Å². The molecule has 1 fully saturated rings. The Hall–Kier alpha value is -0.280. The summed E-state index contributed by atoms with van der Waals surface area (Å²) in [6, 6.07) is -0.127. The monoisotopic (exact) mass is 129 g/mol. The maximum atomic E-state index is 10.5.